The van der Waals surface area contributed by atoms with E-state index in [0.717, 1.165) is 25.7 Å². The van der Waals surface area contributed by atoms with Crippen molar-refractivity contribution in [2.24, 2.45) is 5.92 Å². The number of nitrogens with one attached hydrogen (secondary N) is 2. The van der Waals surface area contributed by atoms with Gasteiger partial charge in [-0.1, -0.05) is 30.3 Å². The number of hydrogen-bond donors (Lipinski definition) is 3. The molecular weight excluding hydrogens is 252 g/mol. The summed E-state index contributed by atoms with van der Waals surface area (Å²) < 4.78 is 0. The molecule has 0 spiro atoms. The second-order valence-corrected chi connectivity index (χ2v) is 5.77. The first-order chi connectivity index (χ1) is 9.63. The van der Waals surface area contributed by atoms with Crippen molar-refractivity contribution in [1.82, 2.24) is 10.6 Å². The molecule has 2 rings (SSSR count). The maximum absolute atomic E-state index is 11.6. The van der Waals surface area contributed by atoms with Crippen molar-refractivity contribution >= 4 is 6.03 Å². The molecule has 1 aliphatic carbocycles. The molecular formula is C16H24N2O2. The molecule has 1 saturated carbocycles. The molecule has 0 saturated heterocycles. The molecule has 1 fully saturated rings. The molecule has 3 N–H and O–H groups in total. The Balaban J connectivity index is 1.71. The second kappa shape index (κ2) is 7.29. The van der Waals surface area contributed by atoms with Crippen LogP contribution < -0.4 is 10.6 Å². The Morgan fingerprint density at radius 1 is 1.35 bits per heavy atom. The van der Waals surface area contributed by atoms with E-state index in [4.69, 9.17) is 5.11 Å². The van der Waals surface area contributed by atoms with E-state index in [1.807, 2.05) is 6.07 Å². The third kappa shape index (κ3) is 4.85. The van der Waals surface area contributed by atoms with Gasteiger partial charge in [0, 0.05) is 12.6 Å². The Morgan fingerprint density at radius 3 is 2.80 bits per heavy atom. The summed E-state index contributed by atoms with van der Waals surface area (Å²) in [5.74, 6) is 0.652. The Labute approximate surface area is 120 Å². The largest absolute Gasteiger partial charge is 0.392 e. The van der Waals surface area contributed by atoms with Gasteiger partial charge in [-0.2, -0.15) is 0 Å². The van der Waals surface area contributed by atoms with E-state index in [1.165, 1.54) is 5.56 Å². The van der Waals surface area contributed by atoms with Gasteiger partial charge in [-0.3, -0.25) is 0 Å². The first-order valence-corrected chi connectivity index (χ1v) is 7.40. The van der Waals surface area contributed by atoms with Crippen LogP contribution in [-0.2, 0) is 6.42 Å². The first-order valence-electron chi connectivity index (χ1n) is 7.40. The Kier molecular flexibility index (Phi) is 5.41. The minimum absolute atomic E-state index is 0.170. The van der Waals surface area contributed by atoms with Crippen molar-refractivity contribution in [3.63, 3.8) is 0 Å². The molecule has 0 heterocycles. The highest BCUT2D eigenvalue weighted by Gasteiger charge is 2.25. The van der Waals surface area contributed by atoms with Gasteiger partial charge in [0.25, 0.3) is 0 Å². The van der Waals surface area contributed by atoms with Gasteiger partial charge in [-0.05, 0) is 44.1 Å². The molecule has 0 radical (unpaired) electrons. The summed E-state index contributed by atoms with van der Waals surface area (Å²) in [6.07, 6.45) is 3.83. The van der Waals surface area contributed by atoms with Crippen LogP contribution in [0.2, 0.25) is 0 Å². The van der Waals surface area contributed by atoms with Gasteiger partial charge in [0.15, 0.2) is 0 Å². The third-order valence-electron chi connectivity index (χ3n) is 3.80. The molecule has 4 heteroatoms. The van der Waals surface area contributed by atoms with Crippen LogP contribution in [0, 0.1) is 5.92 Å². The maximum atomic E-state index is 11.6. The van der Waals surface area contributed by atoms with Gasteiger partial charge < -0.3 is 15.7 Å². The number of benzene rings is 1. The van der Waals surface area contributed by atoms with Gasteiger partial charge in [0.1, 0.15) is 0 Å². The molecule has 1 aromatic rings. The number of carbonyl (C=O) groups excluding carboxylic acids is 1. The molecule has 1 aromatic carbocycles. The van der Waals surface area contributed by atoms with Crippen LogP contribution in [0.3, 0.4) is 0 Å². The second-order valence-electron chi connectivity index (χ2n) is 5.77. The van der Waals surface area contributed by atoms with E-state index >= 15 is 0 Å². The fourth-order valence-corrected chi connectivity index (χ4v) is 2.82. The Morgan fingerprint density at radius 2 is 2.10 bits per heavy atom. The molecule has 0 bridgehead atoms. The number of rotatable bonds is 5. The number of urea groups is 1. The Hall–Kier alpha value is -1.55. The maximum Gasteiger partial charge on any atom is 0.315 e. The third-order valence-corrected chi connectivity index (χ3v) is 3.80. The normalized spacial score (nSPS) is 23.3. The molecule has 20 heavy (non-hydrogen) atoms. The van der Waals surface area contributed by atoms with Crippen molar-refractivity contribution in [2.45, 2.75) is 44.8 Å². The van der Waals surface area contributed by atoms with E-state index in [1.54, 1.807) is 6.92 Å². The molecule has 110 valence electrons. The average molecular weight is 276 g/mol. The monoisotopic (exact) mass is 276 g/mol. The number of carbonyl (C=O) groups is 1. The van der Waals surface area contributed by atoms with Gasteiger partial charge in [-0.25, -0.2) is 4.79 Å². The first kappa shape index (κ1) is 14.9. The highest BCUT2D eigenvalue weighted by Crippen LogP contribution is 2.28. The van der Waals surface area contributed by atoms with E-state index in [9.17, 15) is 4.79 Å². The highest BCUT2D eigenvalue weighted by molar-refractivity contribution is 5.74. The minimum Gasteiger partial charge on any atom is -0.392 e. The fourth-order valence-electron chi connectivity index (χ4n) is 2.82. The molecule has 0 aromatic heterocycles. The molecule has 3 atom stereocenters. The summed E-state index contributed by atoms with van der Waals surface area (Å²) >= 11 is 0. The predicted octanol–water partition coefficient (Wildman–Crippen LogP) is 2.08. The summed E-state index contributed by atoms with van der Waals surface area (Å²) in [6.45, 7) is 1.96. The summed E-state index contributed by atoms with van der Waals surface area (Å²) in [5, 5.41) is 14.8. The predicted molar refractivity (Wildman–Crippen MR) is 79.5 cm³/mol. The zero-order valence-corrected chi connectivity index (χ0v) is 12.0. The van der Waals surface area contributed by atoms with Crippen molar-refractivity contribution in [1.29, 1.82) is 0 Å². The van der Waals surface area contributed by atoms with Crippen LogP contribution >= 0.6 is 0 Å². The molecule has 4 nitrogen and oxygen atoms in total. The smallest absolute Gasteiger partial charge is 0.315 e. The van der Waals surface area contributed by atoms with Crippen LogP contribution in [0.5, 0.6) is 0 Å². The van der Waals surface area contributed by atoms with E-state index in [0.29, 0.717) is 12.5 Å². The van der Waals surface area contributed by atoms with Crippen molar-refractivity contribution in [3.8, 4) is 0 Å². The molecule has 1 aliphatic rings. The van der Waals surface area contributed by atoms with Crippen LogP contribution in [-0.4, -0.2) is 29.8 Å². The lowest BCUT2D eigenvalue weighted by Gasteiger charge is -2.15. The van der Waals surface area contributed by atoms with Gasteiger partial charge in [0.05, 0.1) is 6.10 Å². The quantitative estimate of drug-likeness (QED) is 0.771. The molecule has 2 amide bonds. The lowest BCUT2D eigenvalue weighted by Crippen LogP contribution is -2.43. The van der Waals surface area contributed by atoms with Crippen molar-refractivity contribution in [3.05, 3.63) is 35.9 Å². The topological polar surface area (TPSA) is 61.4 Å². The van der Waals surface area contributed by atoms with Crippen LogP contribution in [0.4, 0.5) is 4.79 Å². The van der Waals surface area contributed by atoms with E-state index in [-0.39, 0.29) is 12.1 Å². The summed E-state index contributed by atoms with van der Waals surface area (Å²) in [5.41, 5.74) is 1.37. The van der Waals surface area contributed by atoms with Crippen LogP contribution in [0.1, 0.15) is 31.7 Å². The number of amides is 2. The average Bonchev–Trinajstić information content (AvgIpc) is 2.85. The number of aliphatic hydroxyl groups is 1. The summed E-state index contributed by atoms with van der Waals surface area (Å²) in [4.78, 5) is 11.6. The van der Waals surface area contributed by atoms with Crippen molar-refractivity contribution < 1.29 is 9.90 Å². The number of hydrogen-bond acceptors (Lipinski definition) is 2. The zero-order chi connectivity index (χ0) is 14.4. The van der Waals surface area contributed by atoms with E-state index < -0.39 is 6.10 Å². The minimum atomic E-state index is -0.504. The summed E-state index contributed by atoms with van der Waals surface area (Å²) in [7, 11) is 0. The lowest BCUT2D eigenvalue weighted by atomic mass is 9.98. The van der Waals surface area contributed by atoms with Gasteiger partial charge in [-0.15, -0.1) is 0 Å². The SMILES string of the molecule is C[C@@H](O)CNC(=O)N[C@H]1CC[C@@H](Cc2ccccc2)C1. The zero-order valence-electron chi connectivity index (χ0n) is 12.0. The van der Waals surface area contributed by atoms with Gasteiger partial charge in [0.2, 0.25) is 0 Å². The Bertz CT molecular complexity index is 420. The van der Waals surface area contributed by atoms with Crippen LogP contribution in [0.25, 0.3) is 0 Å². The lowest BCUT2D eigenvalue weighted by molar-refractivity contribution is 0.186. The van der Waals surface area contributed by atoms with Crippen molar-refractivity contribution in [2.75, 3.05) is 6.54 Å². The van der Waals surface area contributed by atoms with E-state index in [2.05, 4.69) is 34.9 Å². The molecule has 0 unspecified atom stereocenters. The van der Waals surface area contributed by atoms with Gasteiger partial charge >= 0.3 is 6.03 Å². The number of aliphatic hydroxyl groups excluding tert-OH is 1. The van der Waals surface area contributed by atoms with Crippen LogP contribution in [0.15, 0.2) is 30.3 Å². The highest BCUT2D eigenvalue weighted by atomic mass is 16.3. The molecule has 0 aliphatic heterocycles. The standard InChI is InChI=1S/C16H24N2O2/c1-12(19)11-17-16(20)18-15-8-7-14(10-15)9-13-5-3-2-4-6-13/h2-6,12,14-15,19H,7-11H2,1H3,(H2,17,18,20)/t12-,14+,15+/m1/s1. The summed E-state index contributed by atoms with van der Waals surface area (Å²) in [6, 6.07) is 10.6. The fraction of sp³-hybridized carbons (Fsp3) is 0.562.